The molecule has 0 aliphatic heterocycles. The molecule has 0 aliphatic carbocycles. The molecule has 0 aliphatic rings. The van der Waals surface area contributed by atoms with E-state index < -0.39 is 0 Å². The Morgan fingerprint density at radius 1 is 1.33 bits per heavy atom. The fourth-order valence-electron chi connectivity index (χ4n) is 1.49. The van der Waals surface area contributed by atoms with E-state index in [1.807, 2.05) is 12.1 Å². The summed E-state index contributed by atoms with van der Waals surface area (Å²) < 4.78 is 1.59. The summed E-state index contributed by atoms with van der Waals surface area (Å²) in [6, 6.07) is 9.27. The molecule has 92 valence electrons. The van der Waals surface area contributed by atoms with E-state index in [1.165, 1.54) is 0 Å². The van der Waals surface area contributed by atoms with Crippen molar-refractivity contribution in [3.8, 4) is 6.07 Å². The highest BCUT2D eigenvalue weighted by atomic mass is 16.3. The average molecular weight is 243 g/mol. The molecule has 0 amide bonds. The summed E-state index contributed by atoms with van der Waals surface area (Å²) in [6.45, 7) is 1.05. The van der Waals surface area contributed by atoms with E-state index in [2.05, 4.69) is 21.7 Å². The van der Waals surface area contributed by atoms with Crippen molar-refractivity contribution in [2.75, 3.05) is 11.9 Å². The first-order valence-electron chi connectivity index (χ1n) is 5.56. The molecule has 0 unspecified atom stereocenters. The third kappa shape index (κ3) is 3.06. The van der Waals surface area contributed by atoms with E-state index in [-0.39, 0.29) is 6.61 Å². The summed E-state index contributed by atoms with van der Waals surface area (Å²) in [7, 11) is 0. The maximum atomic E-state index is 8.76. The molecular weight excluding hydrogens is 230 g/mol. The van der Waals surface area contributed by atoms with Crippen molar-refractivity contribution < 1.29 is 5.11 Å². The quantitative estimate of drug-likeness (QED) is 0.809. The number of aliphatic hydroxyl groups excluding tert-OH is 1. The Morgan fingerprint density at radius 3 is 2.78 bits per heavy atom. The van der Waals surface area contributed by atoms with Gasteiger partial charge in [0.2, 0.25) is 0 Å². The summed E-state index contributed by atoms with van der Waals surface area (Å²) in [5, 5.41) is 28.5. The smallest absolute Gasteiger partial charge is 0.102 e. The molecule has 0 spiro atoms. The minimum Gasteiger partial charge on any atom is -0.394 e. The number of nitrogens with zero attached hydrogens (tertiary/aromatic N) is 4. The van der Waals surface area contributed by atoms with Crippen LogP contribution in [0.3, 0.4) is 0 Å². The largest absolute Gasteiger partial charge is 0.394 e. The fraction of sp³-hybridized carbons (Fsp3) is 0.250. The predicted octanol–water partition coefficient (Wildman–Crippen LogP) is 0.754. The topological polar surface area (TPSA) is 86.8 Å². The van der Waals surface area contributed by atoms with E-state index in [0.29, 0.717) is 18.7 Å². The van der Waals surface area contributed by atoms with Gasteiger partial charge in [-0.15, -0.1) is 5.10 Å². The molecule has 0 radical (unpaired) electrons. The third-order valence-electron chi connectivity index (χ3n) is 2.40. The van der Waals surface area contributed by atoms with E-state index in [4.69, 9.17) is 10.4 Å². The molecule has 0 fully saturated rings. The van der Waals surface area contributed by atoms with Gasteiger partial charge in [-0.2, -0.15) is 5.26 Å². The van der Waals surface area contributed by atoms with Crippen LogP contribution < -0.4 is 5.32 Å². The first kappa shape index (κ1) is 12.1. The van der Waals surface area contributed by atoms with Gasteiger partial charge in [-0.05, 0) is 24.3 Å². The first-order chi connectivity index (χ1) is 8.81. The molecule has 0 saturated carbocycles. The maximum Gasteiger partial charge on any atom is 0.102 e. The Morgan fingerprint density at radius 2 is 2.11 bits per heavy atom. The minimum absolute atomic E-state index is 0.0475. The van der Waals surface area contributed by atoms with E-state index >= 15 is 0 Å². The van der Waals surface area contributed by atoms with Gasteiger partial charge in [0.15, 0.2) is 0 Å². The number of hydrogen-bond acceptors (Lipinski definition) is 5. The highest BCUT2D eigenvalue weighted by molar-refractivity contribution is 5.47. The molecule has 0 saturated heterocycles. The number of aliphatic hydroxyl groups is 1. The van der Waals surface area contributed by atoms with Gasteiger partial charge < -0.3 is 10.4 Å². The lowest BCUT2D eigenvalue weighted by atomic mass is 10.2. The number of anilines is 1. The Hall–Kier alpha value is -2.39. The second-order valence-corrected chi connectivity index (χ2v) is 3.74. The van der Waals surface area contributed by atoms with Crippen molar-refractivity contribution in [3.05, 3.63) is 41.7 Å². The summed E-state index contributed by atoms with van der Waals surface area (Å²) in [5.41, 5.74) is 2.35. The minimum atomic E-state index is 0.0475. The second-order valence-electron chi connectivity index (χ2n) is 3.74. The van der Waals surface area contributed by atoms with Crippen LogP contribution in [-0.2, 0) is 13.1 Å². The van der Waals surface area contributed by atoms with Gasteiger partial charge in [-0.25, -0.2) is 4.68 Å². The van der Waals surface area contributed by atoms with Crippen LogP contribution in [0.25, 0.3) is 0 Å². The zero-order valence-corrected chi connectivity index (χ0v) is 9.74. The number of aromatic nitrogens is 3. The number of nitriles is 1. The summed E-state index contributed by atoms with van der Waals surface area (Å²) in [4.78, 5) is 0. The standard InChI is InChI=1S/C12H13N5O/c13-7-10-1-3-11(4-2-10)14-8-12-9-17(5-6-18)16-15-12/h1-4,9,14,18H,5-6,8H2. The van der Waals surface area contributed by atoms with Gasteiger partial charge >= 0.3 is 0 Å². The monoisotopic (exact) mass is 243 g/mol. The van der Waals surface area contributed by atoms with E-state index in [1.54, 1.807) is 23.0 Å². The Bertz CT molecular complexity index is 540. The summed E-state index contributed by atoms with van der Waals surface area (Å²) >= 11 is 0. The van der Waals surface area contributed by atoms with Crippen LogP contribution in [0, 0.1) is 11.3 Å². The zero-order valence-electron chi connectivity index (χ0n) is 9.74. The molecule has 2 N–H and O–H groups in total. The lowest BCUT2D eigenvalue weighted by molar-refractivity contribution is 0.268. The van der Waals surface area contributed by atoms with Crippen molar-refractivity contribution in [2.24, 2.45) is 0 Å². The van der Waals surface area contributed by atoms with Gasteiger partial charge in [0, 0.05) is 5.69 Å². The average Bonchev–Trinajstić information content (AvgIpc) is 2.85. The van der Waals surface area contributed by atoms with Crippen LogP contribution in [0.2, 0.25) is 0 Å². The van der Waals surface area contributed by atoms with Gasteiger partial charge in [0.1, 0.15) is 5.69 Å². The fourth-order valence-corrected chi connectivity index (χ4v) is 1.49. The lowest BCUT2D eigenvalue weighted by Gasteiger charge is -2.03. The maximum absolute atomic E-state index is 8.76. The molecule has 1 aromatic heterocycles. The SMILES string of the molecule is N#Cc1ccc(NCc2cn(CCO)nn2)cc1. The van der Waals surface area contributed by atoms with E-state index in [9.17, 15) is 0 Å². The summed E-state index contributed by atoms with van der Waals surface area (Å²) in [6.07, 6.45) is 1.78. The second kappa shape index (κ2) is 5.80. The van der Waals surface area contributed by atoms with Crippen molar-refractivity contribution in [1.29, 1.82) is 5.26 Å². The van der Waals surface area contributed by atoms with Crippen LogP contribution >= 0.6 is 0 Å². The van der Waals surface area contributed by atoms with Crippen molar-refractivity contribution >= 4 is 5.69 Å². The number of rotatable bonds is 5. The van der Waals surface area contributed by atoms with Gasteiger partial charge in [0.05, 0.1) is 37.5 Å². The Labute approximate surface area is 104 Å². The van der Waals surface area contributed by atoms with Gasteiger partial charge in [0.25, 0.3) is 0 Å². The van der Waals surface area contributed by atoms with Gasteiger partial charge in [-0.1, -0.05) is 5.21 Å². The molecule has 18 heavy (non-hydrogen) atoms. The molecule has 1 aromatic carbocycles. The van der Waals surface area contributed by atoms with Crippen LogP contribution in [0.15, 0.2) is 30.5 Å². The van der Waals surface area contributed by atoms with E-state index in [0.717, 1.165) is 11.4 Å². The molecule has 2 rings (SSSR count). The summed E-state index contributed by atoms with van der Waals surface area (Å²) in [5.74, 6) is 0. The predicted molar refractivity (Wildman–Crippen MR) is 65.6 cm³/mol. The normalized spacial score (nSPS) is 10.0. The van der Waals surface area contributed by atoms with Crippen LogP contribution in [-0.4, -0.2) is 26.7 Å². The highest BCUT2D eigenvalue weighted by Crippen LogP contribution is 2.09. The Kier molecular flexibility index (Phi) is 3.89. The Balaban J connectivity index is 1.91. The van der Waals surface area contributed by atoms with Crippen LogP contribution in [0.4, 0.5) is 5.69 Å². The molecule has 1 heterocycles. The third-order valence-corrected chi connectivity index (χ3v) is 2.40. The van der Waals surface area contributed by atoms with Crippen molar-refractivity contribution in [2.45, 2.75) is 13.1 Å². The van der Waals surface area contributed by atoms with Crippen LogP contribution in [0.5, 0.6) is 0 Å². The zero-order chi connectivity index (χ0) is 12.8. The molecule has 0 bridgehead atoms. The molecule has 2 aromatic rings. The van der Waals surface area contributed by atoms with Crippen molar-refractivity contribution in [1.82, 2.24) is 15.0 Å². The van der Waals surface area contributed by atoms with Crippen LogP contribution in [0.1, 0.15) is 11.3 Å². The number of hydrogen-bond donors (Lipinski definition) is 2. The molecule has 0 atom stereocenters. The van der Waals surface area contributed by atoms with Gasteiger partial charge in [-0.3, -0.25) is 0 Å². The van der Waals surface area contributed by atoms with Crippen molar-refractivity contribution in [3.63, 3.8) is 0 Å². The lowest BCUT2D eigenvalue weighted by Crippen LogP contribution is -2.02. The molecule has 6 heteroatoms. The molecular formula is C12H13N5O. The number of nitrogens with one attached hydrogen (secondary N) is 1. The first-order valence-corrected chi connectivity index (χ1v) is 5.56. The molecule has 6 nitrogen and oxygen atoms in total. The highest BCUT2D eigenvalue weighted by Gasteiger charge is 2.00. The number of benzene rings is 1.